The van der Waals surface area contributed by atoms with Gasteiger partial charge in [0.05, 0.1) is 5.56 Å². The molecule has 0 saturated carbocycles. The maximum absolute atomic E-state index is 12.2. The zero-order valence-corrected chi connectivity index (χ0v) is 11.0. The lowest BCUT2D eigenvalue weighted by Gasteiger charge is -2.09. The second-order valence-corrected chi connectivity index (χ2v) is 4.19. The highest BCUT2D eigenvalue weighted by molar-refractivity contribution is 6.08. The summed E-state index contributed by atoms with van der Waals surface area (Å²) >= 11 is 0. The third-order valence-electron chi connectivity index (χ3n) is 2.87. The van der Waals surface area contributed by atoms with Gasteiger partial charge in [0.2, 0.25) is 5.91 Å². The zero-order valence-electron chi connectivity index (χ0n) is 11.0. The molecular formula is C15H15N3O2. The molecule has 2 aromatic carbocycles. The summed E-state index contributed by atoms with van der Waals surface area (Å²) in [6, 6.07) is 13.6. The van der Waals surface area contributed by atoms with Crippen molar-refractivity contribution in [1.82, 2.24) is 0 Å². The van der Waals surface area contributed by atoms with E-state index in [0.29, 0.717) is 16.8 Å². The first-order chi connectivity index (χ1) is 9.61. The van der Waals surface area contributed by atoms with Crippen molar-refractivity contribution in [2.75, 3.05) is 17.7 Å². The fourth-order valence-corrected chi connectivity index (χ4v) is 1.82. The number of rotatable bonds is 4. The molecule has 0 heterocycles. The number of benzene rings is 2. The first-order valence-corrected chi connectivity index (χ1v) is 6.10. The molecule has 0 aliphatic heterocycles. The third kappa shape index (κ3) is 2.95. The molecule has 0 aromatic heterocycles. The Morgan fingerprint density at radius 2 is 1.65 bits per heavy atom. The standard InChI is InChI=1S/C15H15N3O2/c1-17-13-5-3-2-4-12(13)15(20)18-11-8-6-10(7-9-11)14(16)19/h2-9,17H,1H3,(H2,16,19)(H,18,20). The van der Waals surface area contributed by atoms with Crippen molar-refractivity contribution < 1.29 is 9.59 Å². The zero-order chi connectivity index (χ0) is 14.5. The molecule has 2 amide bonds. The molecule has 20 heavy (non-hydrogen) atoms. The Morgan fingerprint density at radius 1 is 1.00 bits per heavy atom. The van der Waals surface area contributed by atoms with E-state index in [1.165, 1.54) is 0 Å². The first kappa shape index (κ1) is 13.6. The van der Waals surface area contributed by atoms with Crippen LogP contribution >= 0.6 is 0 Å². The van der Waals surface area contributed by atoms with Crippen LogP contribution in [-0.2, 0) is 0 Å². The van der Waals surface area contributed by atoms with E-state index in [2.05, 4.69) is 10.6 Å². The van der Waals surface area contributed by atoms with Crippen molar-refractivity contribution in [3.8, 4) is 0 Å². The second kappa shape index (κ2) is 5.88. The van der Waals surface area contributed by atoms with Gasteiger partial charge in [0.25, 0.3) is 5.91 Å². The highest BCUT2D eigenvalue weighted by Crippen LogP contribution is 2.17. The van der Waals surface area contributed by atoms with Crippen molar-refractivity contribution in [1.29, 1.82) is 0 Å². The summed E-state index contributed by atoms with van der Waals surface area (Å²) < 4.78 is 0. The van der Waals surface area contributed by atoms with Crippen LogP contribution in [0.3, 0.4) is 0 Å². The Balaban J connectivity index is 2.17. The van der Waals surface area contributed by atoms with E-state index in [4.69, 9.17) is 5.73 Å². The van der Waals surface area contributed by atoms with Crippen LogP contribution in [0.4, 0.5) is 11.4 Å². The van der Waals surface area contributed by atoms with Gasteiger partial charge in [-0.1, -0.05) is 12.1 Å². The molecule has 4 N–H and O–H groups in total. The van der Waals surface area contributed by atoms with E-state index >= 15 is 0 Å². The van der Waals surface area contributed by atoms with Crippen molar-refractivity contribution in [2.24, 2.45) is 5.73 Å². The monoisotopic (exact) mass is 269 g/mol. The van der Waals surface area contributed by atoms with Gasteiger partial charge in [-0.3, -0.25) is 9.59 Å². The first-order valence-electron chi connectivity index (χ1n) is 6.10. The summed E-state index contributed by atoms with van der Waals surface area (Å²) in [7, 11) is 1.76. The normalized spacial score (nSPS) is 9.85. The lowest BCUT2D eigenvalue weighted by atomic mass is 10.1. The van der Waals surface area contributed by atoms with Crippen molar-refractivity contribution in [3.05, 3.63) is 59.7 Å². The molecule has 0 fully saturated rings. The topological polar surface area (TPSA) is 84.2 Å². The molecule has 0 atom stereocenters. The molecular weight excluding hydrogens is 254 g/mol. The lowest BCUT2D eigenvalue weighted by Crippen LogP contribution is -2.14. The van der Waals surface area contributed by atoms with Crippen LogP contribution in [0.1, 0.15) is 20.7 Å². The number of nitrogens with two attached hydrogens (primary N) is 1. The Labute approximate surface area is 116 Å². The average molecular weight is 269 g/mol. The van der Waals surface area contributed by atoms with E-state index in [1.807, 2.05) is 12.1 Å². The van der Waals surface area contributed by atoms with Gasteiger partial charge >= 0.3 is 0 Å². The van der Waals surface area contributed by atoms with Gasteiger partial charge in [-0.2, -0.15) is 0 Å². The summed E-state index contributed by atoms with van der Waals surface area (Å²) in [6.45, 7) is 0. The highest BCUT2D eigenvalue weighted by Gasteiger charge is 2.10. The molecule has 2 rings (SSSR count). The van der Waals surface area contributed by atoms with E-state index in [1.54, 1.807) is 43.4 Å². The predicted octanol–water partition coefficient (Wildman–Crippen LogP) is 2.08. The minimum absolute atomic E-state index is 0.221. The molecule has 0 aliphatic carbocycles. The molecule has 0 spiro atoms. The fourth-order valence-electron chi connectivity index (χ4n) is 1.82. The predicted molar refractivity (Wildman–Crippen MR) is 78.9 cm³/mol. The van der Waals surface area contributed by atoms with Gasteiger partial charge in [-0.25, -0.2) is 0 Å². The Hall–Kier alpha value is -2.82. The van der Waals surface area contributed by atoms with E-state index in [9.17, 15) is 9.59 Å². The molecule has 0 radical (unpaired) electrons. The number of anilines is 2. The van der Waals surface area contributed by atoms with E-state index in [-0.39, 0.29) is 5.91 Å². The number of hydrogen-bond donors (Lipinski definition) is 3. The quantitative estimate of drug-likeness (QED) is 0.794. The minimum atomic E-state index is -0.497. The molecule has 5 heteroatoms. The number of amides is 2. The summed E-state index contributed by atoms with van der Waals surface area (Å²) in [5.41, 5.74) is 7.46. The molecule has 0 bridgehead atoms. The van der Waals surface area contributed by atoms with Gasteiger partial charge in [0, 0.05) is 24.0 Å². The molecule has 0 aliphatic rings. The maximum atomic E-state index is 12.2. The third-order valence-corrected chi connectivity index (χ3v) is 2.87. The molecule has 2 aromatic rings. The summed E-state index contributed by atoms with van der Waals surface area (Å²) in [4.78, 5) is 23.1. The van der Waals surface area contributed by atoms with Crippen LogP contribution in [-0.4, -0.2) is 18.9 Å². The smallest absolute Gasteiger partial charge is 0.257 e. The fraction of sp³-hybridized carbons (Fsp3) is 0.0667. The van der Waals surface area contributed by atoms with Crippen LogP contribution in [0.2, 0.25) is 0 Å². The maximum Gasteiger partial charge on any atom is 0.257 e. The Kier molecular flexibility index (Phi) is 4.00. The largest absolute Gasteiger partial charge is 0.387 e. The number of hydrogen-bond acceptors (Lipinski definition) is 3. The number of nitrogens with one attached hydrogen (secondary N) is 2. The SMILES string of the molecule is CNc1ccccc1C(=O)Nc1ccc(C(N)=O)cc1. The van der Waals surface area contributed by atoms with Crippen LogP contribution in [0.15, 0.2) is 48.5 Å². The van der Waals surface area contributed by atoms with Crippen LogP contribution in [0, 0.1) is 0 Å². The second-order valence-electron chi connectivity index (χ2n) is 4.19. The number of carbonyl (C=O) groups is 2. The van der Waals surface area contributed by atoms with Crippen LogP contribution < -0.4 is 16.4 Å². The number of primary amides is 1. The summed E-state index contributed by atoms with van der Waals surface area (Å²) in [5, 5.41) is 5.73. The Bertz CT molecular complexity index is 636. The summed E-state index contributed by atoms with van der Waals surface area (Å²) in [6.07, 6.45) is 0. The molecule has 102 valence electrons. The molecule has 5 nitrogen and oxygen atoms in total. The molecule has 0 unspecified atom stereocenters. The summed E-state index contributed by atoms with van der Waals surface area (Å²) in [5.74, 6) is -0.717. The van der Waals surface area contributed by atoms with Crippen molar-refractivity contribution in [3.63, 3.8) is 0 Å². The number of carbonyl (C=O) groups excluding carboxylic acids is 2. The van der Waals surface area contributed by atoms with E-state index < -0.39 is 5.91 Å². The highest BCUT2D eigenvalue weighted by atomic mass is 16.2. The Morgan fingerprint density at radius 3 is 2.25 bits per heavy atom. The average Bonchev–Trinajstić information content (AvgIpc) is 2.47. The number of para-hydroxylation sites is 1. The lowest BCUT2D eigenvalue weighted by molar-refractivity contribution is 0.0998. The van der Waals surface area contributed by atoms with Gasteiger partial charge < -0.3 is 16.4 Å². The van der Waals surface area contributed by atoms with Gasteiger partial charge in [0.1, 0.15) is 0 Å². The van der Waals surface area contributed by atoms with Crippen molar-refractivity contribution >= 4 is 23.2 Å². The van der Waals surface area contributed by atoms with Crippen LogP contribution in [0.5, 0.6) is 0 Å². The van der Waals surface area contributed by atoms with E-state index in [0.717, 1.165) is 5.69 Å². The van der Waals surface area contributed by atoms with Gasteiger partial charge in [0.15, 0.2) is 0 Å². The van der Waals surface area contributed by atoms with Gasteiger partial charge in [-0.15, -0.1) is 0 Å². The van der Waals surface area contributed by atoms with Crippen LogP contribution in [0.25, 0.3) is 0 Å². The molecule has 0 saturated heterocycles. The van der Waals surface area contributed by atoms with Crippen molar-refractivity contribution in [2.45, 2.75) is 0 Å². The minimum Gasteiger partial charge on any atom is -0.387 e. The van der Waals surface area contributed by atoms with Gasteiger partial charge in [-0.05, 0) is 36.4 Å².